The molecule has 1 aromatic carbocycles. The van der Waals surface area contributed by atoms with Crippen LogP contribution in [0.1, 0.15) is 5.56 Å². The van der Waals surface area contributed by atoms with Gasteiger partial charge in [0.25, 0.3) is 0 Å². The van der Waals surface area contributed by atoms with Gasteiger partial charge in [0.15, 0.2) is 11.5 Å². The number of fused-ring (bicyclic) bond motifs is 1. The van der Waals surface area contributed by atoms with E-state index in [9.17, 15) is 9.59 Å². The fourth-order valence-electron chi connectivity index (χ4n) is 4.06. The number of nitrogens with one attached hydrogen (secondary N) is 1. The van der Waals surface area contributed by atoms with E-state index in [4.69, 9.17) is 18.9 Å². The highest BCUT2D eigenvalue weighted by molar-refractivity contribution is 5.84. The van der Waals surface area contributed by atoms with Crippen LogP contribution in [0, 0.1) is 11.3 Å². The third-order valence-corrected chi connectivity index (χ3v) is 5.62. The first-order valence-electron chi connectivity index (χ1n) is 9.38. The van der Waals surface area contributed by atoms with Crippen molar-refractivity contribution in [3.63, 3.8) is 0 Å². The average Bonchev–Trinajstić information content (AvgIpc) is 3.25. The number of carbonyl (C=O) groups excluding carboxylic acids is 2. The van der Waals surface area contributed by atoms with Gasteiger partial charge < -0.3 is 24.3 Å². The van der Waals surface area contributed by atoms with E-state index in [-0.39, 0.29) is 24.3 Å². The molecule has 3 rings (SSSR count). The molecule has 0 radical (unpaired) electrons. The van der Waals surface area contributed by atoms with Crippen LogP contribution in [0.3, 0.4) is 0 Å². The number of hydrogen-bond acceptors (Lipinski definition) is 7. The van der Waals surface area contributed by atoms with Crippen LogP contribution in [-0.2, 0) is 25.5 Å². The Bertz CT molecular complexity index is 725. The van der Waals surface area contributed by atoms with E-state index in [1.165, 1.54) is 7.11 Å². The molecule has 0 aliphatic carbocycles. The first kappa shape index (κ1) is 20.4. The van der Waals surface area contributed by atoms with Gasteiger partial charge >= 0.3 is 5.97 Å². The molecular weight excluding hydrogens is 364 g/mol. The van der Waals surface area contributed by atoms with Crippen molar-refractivity contribution in [2.24, 2.45) is 11.3 Å². The topological polar surface area (TPSA) is 86.3 Å². The lowest BCUT2D eigenvalue weighted by Crippen LogP contribution is -2.47. The van der Waals surface area contributed by atoms with E-state index in [1.54, 1.807) is 14.2 Å². The molecular formula is C20H28N2O6. The summed E-state index contributed by atoms with van der Waals surface area (Å²) in [5, 5.41) is 3.06. The van der Waals surface area contributed by atoms with Crippen LogP contribution in [0.5, 0.6) is 11.5 Å². The molecule has 2 saturated heterocycles. The number of ether oxygens (including phenoxy) is 4. The average molecular weight is 392 g/mol. The summed E-state index contributed by atoms with van der Waals surface area (Å²) in [4.78, 5) is 26.5. The Morgan fingerprint density at radius 1 is 1.25 bits per heavy atom. The number of benzene rings is 1. The highest BCUT2D eigenvalue weighted by atomic mass is 16.5. The van der Waals surface area contributed by atoms with E-state index in [0.29, 0.717) is 50.8 Å². The molecule has 1 amide bonds. The fourth-order valence-corrected chi connectivity index (χ4v) is 4.06. The number of hydrogen-bond donors (Lipinski definition) is 1. The van der Waals surface area contributed by atoms with E-state index < -0.39 is 5.41 Å². The van der Waals surface area contributed by atoms with Gasteiger partial charge in [-0.15, -0.1) is 0 Å². The van der Waals surface area contributed by atoms with Gasteiger partial charge in [0.05, 0.1) is 46.5 Å². The first-order chi connectivity index (χ1) is 13.5. The van der Waals surface area contributed by atoms with E-state index in [1.807, 2.05) is 23.1 Å². The van der Waals surface area contributed by atoms with E-state index >= 15 is 0 Å². The van der Waals surface area contributed by atoms with Gasteiger partial charge in [0, 0.05) is 25.6 Å². The molecule has 2 fully saturated rings. The van der Waals surface area contributed by atoms with Crippen LogP contribution < -0.4 is 14.8 Å². The second-order valence-electron chi connectivity index (χ2n) is 7.31. The molecule has 8 nitrogen and oxygen atoms in total. The van der Waals surface area contributed by atoms with Gasteiger partial charge in [-0.1, -0.05) is 6.07 Å². The number of rotatable bonds is 8. The largest absolute Gasteiger partial charge is 0.493 e. The molecule has 2 heterocycles. The van der Waals surface area contributed by atoms with Crippen LogP contribution in [0.25, 0.3) is 0 Å². The van der Waals surface area contributed by atoms with Gasteiger partial charge in [-0.3, -0.25) is 14.5 Å². The standard InChI is InChI=1S/C20H28N2O6/c1-25-16-5-4-14(8-17(16)26-2)6-7-21-19(24)20-12-22(10-18(23)27-3)9-15(20)11-28-13-20/h4-5,8,15H,6-7,9-13H2,1-3H3,(H,21,24)/t15-,20-/m0/s1. The summed E-state index contributed by atoms with van der Waals surface area (Å²) in [6.07, 6.45) is 0.680. The van der Waals surface area contributed by atoms with E-state index in [0.717, 1.165) is 5.56 Å². The van der Waals surface area contributed by atoms with E-state index in [2.05, 4.69) is 5.32 Å². The van der Waals surface area contributed by atoms with Crippen molar-refractivity contribution in [2.45, 2.75) is 6.42 Å². The number of amides is 1. The van der Waals surface area contributed by atoms with Gasteiger partial charge in [-0.25, -0.2) is 0 Å². The molecule has 0 unspecified atom stereocenters. The van der Waals surface area contributed by atoms with Crippen LogP contribution in [0.15, 0.2) is 18.2 Å². The Morgan fingerprint density at radius 2 is 2.04 bits per heavy atom. The Morgan fingerprint density at radius 3 is 2.75 bits per heavy atom. The van der Waals surface area contributed by atoms with Crippen LogP contribution in [-0.4, -0.2) is 77.5 Å². The molecule has 2 aliphatic rings. The molecule has 0 spiro atoms. The van der Waals surface area contributed by atoms with Crippen molar-refractivity contribution >= 4 is 11.9 Å². The van der Waals surface area contributed by atoms with Crippen molar-refractivity contribution in [1.29, 1.82) is 0 Å². The van der Waals surface area contributed by atoms with Gasteiger partial charge in [-0.05, 0) is 24.1 Å². The number of nitrogens with zero attached hydrogens (tertiary/aromatic N) is 1. The van der Waals surface area contributed by atoms with Crippen molar-refractivity contribution < 1.29 is 28.5 Å². The Labute approximate surface area is 165 Å². The summed E-state index contributed by atoms with van der Waals surface area (Å²) in [5.74, 6) is 1.14. The summed E-state index contributed by atoms with van der Waals surface area (Å²) >= 11 is 0. The Kier molecular flexibility index (Phi) is 6.41. The molecule has 0 bridgehead atoms. The lowest BCUT2D eigenvalue weighted by molar-refractivity contribution is -0.142. The minimum Gasteiger partial charge on any atom is -0.493 e. The Hall–Kier alpha value is -2.32. The molecule has 1 N–H and O–H groups in total. The maximum atomic E-state index is 13.0. The summed E-state index contributed by atoms with van der Waals surface area (Å²) < 4.78 is 20.9. The summed E-state index contributed by atoms with van der Waals surface area (Å²) in [7, 11) is 4.57. The zero-order valence-corrected chi connectivity index (χ0v) is 16.7. The van der Waals surface area contributed by atoms with Crippen LogP contribution in [0.2, 0.25) is 0 Å². The minimum absolute atomic E-state index is 0.0113. The molecule has 2 atom stereocenters. The van der Waals surface area contributed by atoms with Crippen molar-refractivity contribution in [3.8, 4) is 11.5 Å². The fraction of sp³-hybridized carbons (Fsp3) is 0.600. The predicted octanol–water partition coefficient (Wildman–Crippen LogP) is 0.484. The Balaban J connectivity index is 1.57. The second kappa shape index (κ2) is 8.79. The van der Waals surface area contributed by atoms with Gasteiger partial charge in [0.1, 0.15) is 0 Å². The van der Waals surface area contributed by atoms with Crippen LogP contribution >= 0.6 is 0 Å². The number of esters is 1. The SMILES string of the molecule is COC(=O)CN1C[C@H]2COC[C@@]2(C(=O)NCCc2ccc(OC)c(OC)c2)C1. The number of carbonyl (C=O) groups is 2. The highest BCUT2D eigenvalue weighted by Gasteiger charge is 2.55. The molecule has 8 heteroatoms. The minimum atomic E-state index is -0.592. The third kappa shape index (κ3) is 4.07. The summed E-state index contributed by atoms with van der Waals surface area (Å²) in [5.41, 5.74) is 0.458. The molecule has 0 aromatic heterocycles. The lowest BCUT2D eigenvalue weighted by atomic mass is 9.80. The van der Waals surface area contributed by atoms with Gasteiger partial charge in [-0.2, -0.15) is 0 Å². The van der Waals surface area contributed by atoms with Crippen molar-refractivity contribution in [2.75, 3.05) is 60.7 Å². The normalized spacial score (nSPS) is 23.9. The zero-order chi connectivity index (χ0) is 20.1. The summed E-state index contributed by atoms with van der Waals surface area (Å²) in [6.45, 7) is 2.82. The number of likely N-dealkylation sites (tertiary alicyclic amines) is 1. The van der Waals surface area contributed by atoms with Crippen molar-refractivity contribution in [1.82, 2.24) is 10.2 Å². The third-order valence-electron chi connectivity index (χ3n) is 5.62. The van der Waals surface area contributed by atoms with Crippen LogP contribution in [0.4, 0.5) is 0 Å². The van der Waals surface area contributed by atoms with Crippen molar-refractivity contribution in [3.05, 3.63) is 23.8 Å². The summed E-state index contributed by atoms with van der Waals surface area (Å²) in [6, 6.07) is 5.73. The molecule has 1 aromatic rings. The quantitative estimate of drug-likeness (QED) is 0.644. The molecule has 2 aliphatic heterocycles. The monoisotopic (exact) mass is 392 g/mol. The molecule has 0 saturated carbocycles. The lowest BCUT2D eigenvalue weighted by Gasteiger charge is -2.26. The second-order valence-corrected chi connectivity index (χ2v) is 7.31. The van der Waals surface area contributed by atoms with Gasteiger partial charge in [0.2, 0.25) is 5.91 Å². The molecule has 154 valence electrons. The smallest absolute Gasteiger partial charge is 0.319 e. The molecule has 28 heavy (non-hydrogen) atoms. The first-order valence-corrected chi connectivity index (χ1v) is 9.38. The maximum absolute atomic E-state index is 13.0. The zero-order valence-electron chi connectivity index (χ0n) is 16.7. The highest BCUT2D eigenvalue weighted by Crippen LogP contribution is 2.41. The predicted molar refractivity (Wildman–Crippen MR) is 101 cm³/mol. The maximum Gasteiger partial charge on any atom is 0.319 e. The number of methoxy groups -OCH3 is 3.